The molecule has 16 heavy (non-hydrogen) atoms. The van der Waals surface area contributed by atoms with E-state index >= 15 is 0 Å². The monoisotopic (exact) mass is 224 g/mol. The van der Waals surface area contributed by atoms with Gasteiger partial charge in [-0.15, -0.1) is 0 Å². The van der Waals surface area contributed by atoms with Crippen LogP contribution in [0.5, 0.6) is 5.75 Å². The Bertz CT molecular complexity index is 550. The molecule has 0 radical (unpaired) electrons. The first-order valence-corrected chi connectivity index (χ1v) is 4.53. The molecular weight excluding hydrogens is 215 g/mol. The molecular formula is C10H9FN2O3. The zero-order valence-electron chi connectivity index (χ0n) is 8.12. The number of aromatic amines is 1. The number of phenols is 1. The number of aromatic nitrogens is 1. The highest BCUT2D eigenvalue weighted by Crippen LogP contribution is 2.24. The minimum atomic E-state index is -1.15. The predicted molar refractivity (Wildman–Crippen MR) is 54.8 cm³/mol. The molecule has 0 saturated carbocycles. The van der Waals surface area contributed by atoms with Gasteiger partial charge in [-0.05, 0) is 6.07 Å². The van der Waals surface area contributed by atoms with Gasteiger partial charge in [-0.25, -0.2) is 9.18 Å². The minimum absolute atomic E-state index is 0.0597. The van der Waals surface area contributed by atoms with E-state index in [2.05, 4.69) is 10.3 Å². The minimum Gasteiger partial charge on any atom is -0.508 e. The van der Waals surface area contributed by atoms with E-state index in [-0.39, 0.29) is 12.3 Å². The number of aromatic hydroxyl groups is 1. The summed E-state index contributed by atoms with van der Waals surface area (Å²) in [4.78, 5) is 13.1. The molecule has 0 saturated heterocycles. The third kappa shape index (κ3) is 1.90. The smallest absolute Gasteiger partial charge is 0.404 e. The molecule has 5 nitrogen and oxygen atoms in total. The molecule has 0 aliphatic rings. The first-order chi connectivity index (χ1) is 7.56. The number of amides is 1. The summed E-state index contributed by atoms with van der Waals surface area (Å²) in [5.74, 6) is -0.725. The lowest BCUT2D eigenvalue weighted by Crippen LogP contribution is -2.19. The van der Waals surface area contributed by atoms with Crippen molar-refractivity contribution >= 4 is 17.0 Å². The number of hydrogen-bond donors (Lipinski definition) is 4. The third-order valence-electron chi connectivity index (χ3n) is 2.16. The van der Waals surface area contributed by atoms with E-state index in [0.717, 1.165) is 6.07 Å². The van der Waals surface area contributed by atoms with Crippen LogP contribution in [-0.4, -0.2) is 21.3 Å². The van der Waals surface area contributed by atoms with Crippen molar-refractivity contribution in [1.82, 2.24) is 10.3 Å². The van der Waals surface area contributed by atoms with Gasteiger partial charge in [0.05, 0.1) is 12.1 Å². The van der Waals surface area contributed by atoms with E-state index in [1.165, 1.54) is 12.1 Å². The van der Waals surface area contributed by atoms with Crippen molar-refractivity contribution in [2.45, 2.75) is 6.54 Å². The van der Waals surface area contributed by atoms with E-state index in [4.69, 9.17) is 10.2 Å². The molecule has 6 heteroatoms. The Labute approximate surface area is 89.5 Å². The van der Waals surface area contributed by atoms with Gasteiger partial charge in [0.1, 0.15) is 11.6 Å². The number of nitrogens with one attached hydrogen (secondary N) is 2. The van der Waals surface area contributed by atoms with Gasteiger partial charge in [-0.3, -0.25) is 0 Å². The fourth-order valence-corrected chi connectivity index (χ4v) is 1.50. The zero-order chi connectivity index (χ0) is 11.7. The summed E-state index contributed by atoms with van der Waals surface area (Å²) < 4.78 is 13.3. The summed E-state index contributed by atoms with van der Waals surface area (Å²) in [6.45, 7) is 0.0597. The third-order valence-corrected chi connectivity index (χ3v) is 2.16. The normalized spacial score (nSPS) is 10.6. The number of rotatable bonds is 2. The van der Waals surface area contributed by atoms with Gasteiger partial charge in [0.25, 0.3) is 0 Å². The predicted octanol–water partition coefficient (Wildman–Crippen LogP) is 1.78. The van der Waals surface area contributed by atoms with Crippen LogP contribution < -0.4 is 5.32 Å². The standard InChI is InChI=1S/C10H9FN2O3/c11-8-2-6(14)3-9-7(8)1-5(13-9)4-12-10(15)16/h1-3,12-14H,4H2,(H,15,16). The Morgan fingerprint density at radius 1 is 1.44 bits per heavy atom. The number of benzene rings is 1. The Morgan fingerprint density at radius 2 is 2.19 bits per heavy atom. The summed E-state index contributed by atoms with van der Waals surface area (Å²) >= 11 is 0. The maximum absolute atomic E-state index is 13.3. The van der Waals surface area contributed by atoms with Gasteiger partial charge in [0.15, 0.2) is 0 Å². The average Bonchev–Trinajstić information content (AvgIpc) is 2.57. The van der Waals surface area contributed by atoms with Crippen LogP contribution >= 0.6 is 0 Å². The number of fused-ring (bicyclic) bond motifs is 1. The van der Waals surface area contributed by atoms with Gasteiger partial charge < -0.3 is 20.5 Å². The second-order valence-electron chi connectivity index (χ2n) is 3.34. The molecule has 0 spiro atoms. The Morgan fingerprint density at radius 3 is 2.88 bits per heavy atom. The fraction of sp³-hybridized carbons (Fsp3) is 0.100. The molecule has 2 aromatic rings. The summed E-state index contributed by atoms with van der Waals surface area (Å²) in [5.41, 5.74) is 0.960. The molecule has 2 rings (SSSR count). The van der Waals surface area contributed by atoms with Crippen molar-refractivity contribution in [2.24, 2.45) is 0 Å². The van der Waals surface area contributed by atoms with Gasteiger partial charge >= 0.3 is 6.09 Å². The lowest BCUT2D eigenvalue weighted by Gasteiger charge is -1.96. The van der Waals surface area contributed by atoms with Gasteiger partial charge in [-0.1, -0.05) is 0 Å². The molecule has 4 N–H and O–H groups in total. The molecule has 0 bridgehead atoms. The number of hydrogen-bond acceptors (Lipinski definition) is 2. The molecule has 1 heterocycles. The summed E-state index contributed by atoms with van der Waals surface area (Å²) in [7, 11) is 0. The Balaban J connectivity index is 2.36. The van der Waals surface area contributed by atoms with Crippen molar-refractivity contribution in [3.05, 3.63) is 29.7 Å². The van der Waals surface area contributed by atoms with Crippen LogP contribution in [0.2, 0.25) is 0 Å². The van der Waals surface area contributed by atoms with Crippen LogP contribution in [0.1, 0.15) is 5.69 Å². The van der Waals surface area contributed by atoms with Crippen molar-refractivity contribution in [3.63, 3.8) is 0 Å². The number of carbonyl (C=O) groups is 1. The maximum Gasteiger partial charge on any atom is 0.404 e. The van der Waals surface area contributed by atoms with Gasteiger partial charge in [0.2, 0.25) is 0 Å². The molecule has 1 amide bonds. The molecule has 1 aromatic carbocycles. The number of carboxylic acid groups (broad SMARTS) is 1. The first-order valence-electron chi connectivity index (χ1n) is 4.53. The highest BCUT2D eigenvalue weighted by molar-refractivity contribution is 5.82. The molecule has 84 valence electrons. The first kappa shape index (κ1) is 10.3. The van der Waals surface area contributed by atoms with E-state index in [1.807, 2.05) is 0 Å². The summed E-state index contributed by atoms with van der Waals surface area (Å²) in [6.07, 6.45) is -1.15. The summed E-state index contributed by atoms with van der Waals surface area (Å²) in [5, 5.41) is 20.1. The van der Waals surface area contributed by atoms with Crippen LogP contribution in [0.25, 0.3) is 10.9 Å². The second-order valence-corrected chi connectivity index (χ2v) is 3.34. The number of phenolic OH excluding ortho intramolecular Hbond substituents is 1. The lowest BCUT2D eigenvalue weighted by molar-refractivity contribution is 0.194. The average molecular weight is 224 g/mol. The van der Waals surface area contributed by atoms with Crippen molar-refractivity contribution in [3.8, 4) is 5.75 Å². The lowest BCUT2D eigenvalue weighted by atomic mass is 10.2. The Hall–Kier alpha value is -2.24. The number of halogens is 1. The van der Waals surface area contributed by atoms with Gasteiger partial charge in [-0.2, -0.15) is 0 Å². The molecule has 1 aromatic heterocycles. The van der Waals surface area contributed by atoms with E-state index in [1.54, 1.807) is 0 Å². The largest absolute Gasteiger partial charge is 0.508 e. The maximum atomic E-state index is 13.3. The molecule has 0 atom stereocenters. The van der Waals surface area contributed by atoms with Crippen LogP contribution in [0.4, 0.5) is 9.18 Å². The van der Waals surface area contributed by atoms with Crippen molar-refractivity contribution in [1.29, 1.82) is 0 Å². The topological polar surface area (TPSA) is 85.3 Å². The van der Waals surface area contributed by atoms with Gasteiger partial charge in [0, 0.05) is 23.2 Å². The summed E-state index contributed by atoms with van der Waals surface area (Å²) in [6, 6.07) is 3.88. The molecule has 0 fully saturated rings. The quantitative estimate of drug-likeness (QED) is 0.627. The Kier molecular flexibility index (Phi) is 2.40. The molecule has 0 aliphatic heterocycles. The van der Waals surface area contributed by atoms with Crippen LogP contribution in [0, 0.1) is 5.82 Å². The van der Waals surface area contributed by atoms with E-state index in [9.17, 15) is 9.18 Å². The number of H-pyrrole nitrogens is 1. The SMILES string of the molecule is O=C(O)NCc1cc2c(F)cc(O)cc2[nH]1. The van der Waals surface area contributed by atoms with E-state index in [0.29, 0.717) is 16.6 Å². The van der Waals surface area contributed by atoms with Crippen LogP contribution in [-0.2, 0) is 6.54 Å². The van der Waals surface area contributed by atoms with Crippen LogP contribution in [0.15, 0.2) is 18.2 Å². The van der Waals surface area contributed by atoms with Crippen LogP contribution in [0.3, 0.4) is 0 Å². The second kappa shape index (κ2) is 3.73. The van der Waals surface area contributed by atoms with Crippen molar-refractivity contribution < 1.29 is 19.4 Å². The highest BCUT2D eigenvalue weighted by atomic mass is 19.1. The van der Waals surface area contributed by atoms with Crippen molar-refractivity contribution in [2.75, 3.05) is 0 Å². The highest BCUT2D eigenvalue weighted by Gasteiger charge is 2.07. The fourth-order valence-electron chi connectivity index (χ4n) is 1.50. The molecule has 0 unspecified atom stereocenters. The zero-order valence-corrected chi connectivity index (χ0v) is 8.12. The van der Waals surface area contributed by atoms with E-state index < -0.39 is 11.9 Å². The molecule has 0 aliphatic carbocycles.